The van der Waals surface area contributed by atoms with Crippen LogP contribution in [0, 0.1) is 15.9 Å². The number of carbonyl (C=O) groups is 2. The summed E-state index contributed by atoms with van der Waals surface area (Å²) in [6.07, 6.45) is 1.75. The molecule has 0 radical (unpaired) electrons. The first-order chi connectivity index (χ1) is 16.9. The molecule has 2 aliphatic rings. The number of aliphatic imine (C=N–C) groups is 1. The molecule has 35 heavy (non-hydrogen) atoms. The van der Waals surface area contributed by atoms with Gasteiger partial charge in [0.15, 0.2) is 0 Å². The van der Waals surface area contributed by atoms with Crippen molar-refractivity contribution in [3.05, 3.63) is 111 Å². The molecule has 0 aromatic heterocycles. The van der Waals surface area contributed by atoms with E-state index < -0.39 is 28.7 Å². The fourth-order valence-electron chi connectivity index (χ4n) is 4.37. The van der Waals surface area contributed by atoms with Crippen LogP contribution in [-0.2, 0) is 16.0 Å². The third kappa shape index (κ3) is 4.08. The number of carbonyl (C=O) groups excluding carboxylic acids is 2. The minimum atomic E-state index is -1.30. The fraction of sp³-hybridized carbons (Fsp3) is 0.115. The van der Waals surface area contributed by atoms with Crippen molar-refractivity contribution >= 4 is 35.0 Å². The molecule has 1 atom stereocenters. The first-order valence-corrected chi connectivity index (χ1v) is 10.9. The van der Waals surface area contributed by atoms with E-state index in [9.17, 15) is 24.1 Å². The van der Waals surface area contributed by atoms with Crippen molar-refractivity contribution in [3.63, 3.8) is 0 Å². The number of benzene rings is 3. The Bertz CT molecular complexity index is 1430. The van der Waals surface area contributed by atoms with Crippen molar-refractivity contribution < 1.29 is 18.9 Å². The molecule has 5 rings (SSSR count). The summed E-state index contributed by atoms with van der Waals surface area (Å²) in [4.78, 5) is 42.9. The number of amides is 2. The van der Waals surface area contributed by atoms with Crippen LogP contribution in [-0.4, -0.2) is 35.2 Å². The summed E-state index contributed by atoms with van der Waals surface area (Å²) in [5.41, 5.74) is 2.82. The monoisotopic (exact) mass is 470 g/mol. The van der Waals surface area contributed by atoms with Gasteiger partial charge in [-0.1, -0.05) is 42.5 Å². The number of nitrogens with one attached hydrogen (secondary N) is 1. The second kappa shape index (κ2) is 8.94. The van der Waals surface area contributed by atoms with Crippen LogP contribution in [0.25, 0.3) is 6.08 Å². The highest BCUT2D eigenvalue weighted by molar-refractivity contribution is 6.21. The van der Waals surface area contributed by atoms with Crippen LogP contribution >= 0.6 is 0 Å². The summed E-state index contributed by atoms with van der Waals surface area (Å²) < 4.78 is 14.8. The van der Waals surface area contributed by atoms with E-state index in [2.05, 4.69) is 10.3 Å². The summed E-state index contributed by atoms with van der Waals surface area (Å²) in [6.45, 7) is 0.420. The number of nitrogens with zero attached hydrogens (tertiary/aromatic N) is 3. The maximum atomic E-state index is 14.8. The molecule has 0 fully saturated rings. The highest BCUT2D eigenvalue weighted by Crippen LogP contribution is 2.36. The summed E-state index contributed by atoms with van der Waals surface area (Å²) in [7, 11) is 0. The molecule has 0 bridgehead atoms. The van der Waals surface area contributed by atoms with Crippen LogP contribution in [0.15, 0.2) is 77.8 Å². The van der Waals surface area contributed by atoms with Crippen molar-refractivity contribution in [1.82, 2.24) is 5.32 Å². The maximum absolute atomic E-state index is 14.8. The molecule has 3 aromatic carbocycles. The lowest BCUT2D eigenvalue weighted by molar-refractivity contribution is -0.385. The third-order valence-corrected chi connectivity index (χ3v) is 5.96. The molecular weight excluding hydrogens is 451 g/mol. The summed E-state index contributed by atoms with van der Waals surface area (Å²) in [6, 6.07) is 17.7. The molecule has 2 heterocycles. The van der Waals surface area contributed by atoms with Gasteiger partial charge in [-0.15, -0.1) is 0 Å². The van der Waals surface area contributed by atoms with Crippen molar-refractivity contribution in [2.24, 2.45) is 4.99 Å². The van der Waals surface area contributed by atoms with E-state index >= 15 is 0 Å². The largest absolute Gasteiger partial charge is 0.323 e. The predicted molar refractivity (Wildman–Crippen MR) is 129 cm³/mol. The minimum absolute atomic E-state index is 0.151. The molecular formula is C26H19FN4O4. The first-order valence-electron chi connectivity index (χ1n) is 10.9. The smallest absolute Gasteiger partial charge is 0.276 e. The van der Waals surface area contributed by atoms with Gasteiger partial charge in [0, 0.05) is 29.8 Å². The second-order valence-electron chi connectivity index (χ2n) is 8.07. The highest BCUT2D eigenvalue weighted by Gasteiger charge is 2.37. The number of rotatable bonds is 5. The zero-order chi connectivity index (χ0) is 24.5. The van der Waals surface area contributed by atoms with Gasteiger partial charge in [0.1, 0.15) is 5.82 Å². The third-order valence-electron chi connectivity index (χ3n) is 5.96. The Hall–Kier alpha value is -4.66. The molecule has 8 nitrogen and oxygen atoms in total. The van der Waals surface area contributed by atoms with E-state index in [0.717, 1.165) is 11.6 Å². The molecule has 0 unspecified atom stereocenters. The van der Waals surface area contributed by atoms with E-state index in [1.165, 1.54) is 30.3 Å². The molecule has 9 heteroatoms. The zero-order valence-electron chi connectivity index (χ0n) is 18.3. The average molecular weight is 470 g/mol. The van der Waals surface area contributed by atoms with Crippen LogP contribution in [0.3, 0.4) is 0 Å². The maximum Gasteiger partial charge on any atom is 0.276 e. The molecule has 0 spiro atoms. The molecule has 3 aromatic rings. The van der Waals surface area contributed by atoms with Crippen LogP contribution in [0.4, 0.5) is 15.8 Å². The van der Waals surface area contributed by atoms with Gasteiger partial charge in [-0.2, -0.15) is 0 Å². The number of hydrogen-bond donors (Lipinski definition) is 1. The van der Waals surface area contributed by atoms with Crippen molar-refractivity contribution in [2.45, 2.75) is 12.6 Å². The Kier molecular flexibility index (Phi) is 5.66. The number of para-hydroxylation sites is 2. The highest BCUT2D eigenvalue weighted by atomic mass is 19.1. The van der Waals surface area contributed by atoms with E-state index in [4.69, 9.17) is 0 Å². The Balaban J connectivity index is 1.52. The minimum Gasteiger partial charge on any atom is -0.323 e. The van der Waals surface area contributed by atoms with Crippen LogP contribution < -0.4 is 10.2 Å². The number of anilines is 1. The molecule has 0 aliphatic carbocycles. The Morgan fingerprint density at radius 1 is 1.09 bits per heavy atom. The Morgan fingerprint density at radius 3 is 2.63 bits per heavy atom. The molecule has 174 valence electrons. The van der Waals surface area contributed by atoms with Gasteiger partial charge in [-0.05, 0) is 36.3 Å². The molecule has 2 amide bonds. The molecule has 0 saturated carbocycles. The van der Waals surface area contributed by atoms with Gasteiger partial charge in [-0.25, -0.2) is 9.38 Å². The number of nitro groups is 1. The summed E-state index contributed by atoms with van der Waals surface area (Å²) >= 11 is 0. The van der Waals surface area contributed by atoms with Gasteiger partial charge < -0.3 is 10.2 Å². The van der Waals surface area contributed by atoms with Crippen molar-refractivity contribution in [3.8, 4) is 0 Å². The van der Waals surface area contributed by atoms with Gasteiger partial charge >= 0.3 is 0 Å². The lowest BCUT2D eigenvalue weighted by Crippen LogP contribution is -2.46. The van der Waals surface area contributed by atoms with Gasteiger partial charge in [-0.3, -0.25) is 19.7 Å². The summed E-state index contributed by atoms with van der Waals surface area (Å²) in [5, 5.41) is 13.8. The quantitative estimate of drug-likeness (QED) is 0.349. The normalized spacial score (nSPS) is 16.6. The van der Waals surface area contributed by atoms with E-state index in [1.54, 1.807) is 35.2 Å². The van der Waals surface area contributed by atoms with Gasteiger partial charge in [0.2, 0.25) is 12.1 Å². The van der Waals surface area contributed by atoms with Crippen LogP contribution in [0.1, 0.15) is 22.3 Å². The van der Waals surface area contributed by atoms with Crippen LogP contribution in [0.5, 0.6) is 0 Å². The molecule has 1 N–H and O–H groups in total. The molecule has 0 saturated heterocycles. The van der Waals surface area contributed by atoms with E-state index in [1.807, 2.05) is 12.1 Å². The lowest BCUT2D eigenvalue weighted by atomic mass is 9.98. The van der Waals surface area contributed by atoms with E-state index in [0.29, 0.717) is 24.2 Å². The standard InChI is InChI=1S/C26H19FN4O4/c27-20-10-3-2-8-18(20)23-19-9-5-7-17-14-15-30(24(17)19)26(33)25(29-23)28-22(32)13-12-16-6-1-4-11-21(16)31(34)35/h1-13,25H,14-15H2,(H,28,32)/b13-12+/t25-/m0/s1. The van der Waals surface area contributed by atoms with Crippen molar-refractivity contribution in [1.29, 1.82) is 0 Å². The SMILES string of the molecule is O=C(/C=C/c1ccccc1[N+](=O)[O-])N[C@H]1N=C(c2ccccc2F)c2cccc3c2N(CC3)C1=O. The second-order valence-corrected chi connectivity index (χ2v) is 8.07. The Morgan fingerprint density at radius 2 is 1.83 bits per heavy atom. The van der Waals surface area contributed by atoms with Gasteiger partial charge in [0.25, 0.3) is 11.6 Å². The number of nitro benzene ring substituents is 1. The van der Waals surface area contributed by atoms with Crippen molar-refractivity contribution in [2.75, 3.05) is 11.4 Å². The number of halogens is 1. The lowest BCUT2D eigenvalue weighted by Gasteiger charge is -2.20. The van der Waals surface area contributed by atoms with Gasteiger partial charge in [0.05, 0.1) is 21.9 Å². The Labute approximate surface area is 199 Å². The summed E-state index contributed by atoms with van der Waals surface area (Å²) in [5.74, 6) is -1.59. The predicted octanol–water partition coefficient (Wildman–Crippen LogP) is 3.63. The van der Waals surface area contributed by atoms with Crippen LogP contribution in [0.2, 0.25) is 0 Å². The molecule has 2 aliphatic heterocycles. The zero-order valence-corrected chi connectivity index (χ0v) is 18.3. The average Bonchev–Trinajstić information content (AvgIpc) is 3.25. The first kappa shape index (κ1) is 22.1. The topological polar surface area (TPSA) is 105 Å². The fourth-order valence-corrected chi connectivity index (χ4v) is 4.37. The number of hydrogen-bond acceptors (Lipinski definition) is 5. The van der Waals surface area contributed by atoms with E-state index in [-0.39, 0.29) is 22.5 Å².